The van der Waals surface area contributed by atoms with Gasteiger partial charge in [-0.15, -0.1) is 0 Å². The fraction of sp³-hybridized carbons (Fsp3) is 0.932. The van der Waals surface area contributed by atoms with Crippen molar-refractivity contribution in [1.82, 2.24) is 5.32 Å². The summed E-state index contributed by atoms with van der Waals surface area (Å²) in [6.45, 7) is 4.96. The molecule has 0 saturated heterocycles. The van der Waals surface area contributed by atoms with Gasteiger partial charge in [-0.3, -0.25) is 9.59 Å². The lowest BCUT2D eigenvalue weighted by molar-refractivity contribution is -0.143. The zero-order valence-corrected chi connectivity index (χ0v) is 44.0. The van der Waals surface area contributed by atoms with Gasteiger partial charge in [-0.2, -0.15) is 0 Å². The summed E-state index contributed by atoms with van der Waals surface area (Å²) in [6, 6.07) is -0.547. The predicted molar refractivity (Wildman–Crippen MR) is 283 cm³/mol. The molecular formula is C59H115NO5. The van der Waals surface area contributed by atoms with E-state index in [9.17, 15) is 19.8 Å². The molecule has 0 aromatic carbocycles. The molecule has 6 heteroatoms. The Kier molecular flexibility index (Phi) is 54.0. The van der Waals surface area contributed by atoms with Crippen molar-refractivity contribution in [3.05, 3.63) is 12.2 Å². The molecule has 3 N–H and O–H groups in total. The molecule has 0 aromatic rings. The molecule has 2 atom stereocenters. The Bertz CT molecular complexity index is 970. The Morgan fingerprint density at radius 1 is 0.415 bits per heavy atom. The highest BCUT2D eigenvalue weighted by molar-refractivity contribution is 5.76. The van der Waals surface area contributed by atoms with Crippen LogP contribution in [0, 0.1) is 0 Å². The first kappa shape index (κ1) is 63.6. The quantitative estimate of drug-likeness (QED) is 0.0321. The molecule has 2 unspecified atom stereocenters. The molecule has 6 nitrogen and oxygen atoms in total. The number of hydrogen-bond acceptors (Lipinski definition) is 5. The first-order valence-corrected chi connectivity index (χ1v) is 29.4. The second-order valence-corrected chi connectivity index (χ2v) is 20.3. The first-order valence-electron chi connectivity index (χ1n) is 29.4. The van der Waals surface area contributed by atoms with Gasteiger partial charge in [-0.1, -0.05) is 276 Å². The zero-order chi connectivity index (χ0) is 47.2. The molecule has 0 aliphatic carbocycles. The SMILES string of the molecule is CCCCCCCCCCCCCCCCCCC(O)C(CO)NC(=O)CCCCCCCCC/C=C\CCCCCCCCCCOC(=O)CCCCCCCCCCCCCCC. The number of aliphatic hydroxyl groups is 2. The number of hydrogen-bond donors (Lipinski definition) is 3. The van der Waals surface area contributed by atoms with Gasteiger partial charge in [0.05, 0.1) is 25.4 Å². The van der Waals surface area contributed by atoms with Gasteiger partial charge in [0.2, 0.25) is 5.91 Å². The summed E-state index contributed by atoms with van der Waals surface area (Å²) in [4.78, 5) is 24.5. The van der Waals surface area contributed by atoms with Crippen LogP contribution in [0.5, 0.6) is 0 Å². The van der Waals surface area contributed by atoms with E-state index in [1.807, 2.05) is 0 Å². The lowest BCUT2D eigenvalue weighted by atomic mass is 10.0. The Morgan fingerprint density at radius 2 is 0.723 bits per heavy atom. The summed E-state index contributed by atoms with van der Waals surface area (Å²) in [5, 5.41) is 23.3. The number of unbranched alkanes of at least 4 members (excludes halogenated alkanes) is 42. The average Bonchev–Trinajstić information content (AvgIpc) is 3.31. The first-order chi connectivity index (χ1) is 32.0. The Labute approximate surface area is 406 Å². The van der Waals surface area contributed by atoms with Gasteiger partial charge in [0.15, 0.2) is 0 Å². The van der Waals surface area contributed by atoms with E-state index in [1.54, 1.807) is 0 Å². The Morgan fingerprint density at radius 3 is 1.09 bits per heavy atom. The van der Waals surface area contributed by atoms with Gasteiger partial charge < -0.3 is 20.3 Å². The summed E-state index contributed by atoms with van der Waals surface area (Å²) in [7, 11) is 0. The van der Waals surface area contributed by atoms with Gasteiger partial charge >= 0.3 is 5.97 Å². The van der Waals surface area contributed by atoms with Crippen molar-refractivity contribution in [2.75, 3.05) is 13.2 Å². The topological polar surface area (TPSA) is 95.9 Å². The van der Waals surface area contributed by atoms with E-state index >= 15 is 0 Å². The van der Waals surface area contributed by atoms with Crippen molar-refractivity contribution in [2.24, 2.45) is 0 Å². The summed E-state index contributed by atoms with van der Waals surface area (Å²) in [5.74, 6) is -0.0361. The number of esters is 1. The third-order valence-electron chi connectivity index (χ3n) is 13.8. The highest BCUT2D eigenvalue weighted by Crippen LogP contribution is 2.17. The van der Waals surface area contributed by atoms with Gasteiger partial charge in [0, 0.05) is 12.8 Å². The normalized spacial score (nSPS) is 12.6. The van der Waals surface area contributed by atoms with Gasteiger partial charge in [-0.25, -0.2) is 0 Å². The molecule has 0 bridgehead atoms. The Hall–Kier alpha value is -1.40. The van der Waals surface area contributed by atoms with E-state index in [-0.39, 0.29) is 18.5 Å². The van der Waals surface area contributed by atoms with Gasteiger partial charge in [-0.05, 0) is 51.4 Å². The van der Waals surface area contributed by atoms with Crippen molar-refractivity contribution < 1.29 is 24.5 Å². The van der Waals surface area contributed by atoms with E-state index in [0.717, 1.165) is 38.5 Å². The number of nitrogens with one attached hydrogen (secondary N) is 1. The van der Waals surface area contributed by atoms with Crippen molar-refractivity contribution in [3.63, 3.8) is 0 Å². The maximum absolute atomic E-state index is 12.5. The van der Waals surface area contributed by atoms with E-state index in [4.69, 9.17) is 4.74 Å². The molecule has 0 radical (unpaired) electrons. The summed E-state index contributed by atoms with van der Waals surface area (Å²) < 4.78 is 5.47. The van der Waals surface area contributed by atoms with Crippen LogP contribution >= 0.6 is 0 Å². The fourth-order valence-electron chi connectivity index (χ4n) is 9.28. The molecular weight excluding hydrogens is 803 g/mol. The second kappa shape index (κ2) is 55.2. The Balaban J connectivity index is 3.43. The van der Waals surface area contributed by atoms with Crippen LogP contribution in [0.3, 0.4) is 0 Å². The molecule has 0 saturated carbocycles. The number of carbonyl (C=O) groups is 2. The molecule has 0 spiro atoms. The molecule has 0 aliphatic rings. The third kappa shape index (κ3) is 51.8. The fourth-order valence-corrected chi connectivity index (χ4v) is 9.28. The van der Waals surface area contributed by atoms with E-state index < -0.39 is 12.1 Å². The molecule has 65 heavy (non-hydrogen) atoms. The lowest BCUT2D eigenvalue weighted by Crippen LogP contribution is -2.45. The molecule has 1 amide bonds. The molecule has 0 aromatic heterocycles. The molecule has 0 heterocycles. The third-order valence-corrected chi connectivity index (χ3v) is 13.8. The van der Waals surface area contributed by atoms with Crippen LogP contribution in [-0.2, 0) is 14.3 Å². The smallest absolute Gasteiger partial charge is 0.305 e. The monoisotopic (exact) mass is 918 g/mol. The molecule has 0 fully saturated rings. The van der Waals surface area contributed by atoms with Crippen molar-refractivity contribution in [1.29, 1.82) is 0 Å². The van der Waals surface area contributed by atoms with Crippen molar-refractivity contribution >= 4 is 11.9 Å². The number of ether oxygens (including phenoxy) is 1. The van der Waals surface area contributed by atoms with Crippen LogP contribution in [-0.4, -0.2) is 47.4 Å². The maximum atomic E-state index is 12.5. The molecule has 386 valence electrons. The number of rotatable bonds is 55. The highest BCUT2D eigenvalue weighted by atomic mass is 16.5. The number of aliphatic hydroxyl groups excluding tert-OH is 2. The van der Waals surface area contributed by atoms with Crippen LogP contribution in [0.4, 0.5) is 0 Å². The standard InChI is InChI=1S/C59H115NO5/c1-3-5-7-9-11-13-15-17-18-24-28-31-35-39-43-47-51-57(62)56(55-61)60-58(63)52-48-44-40-36-32-29-25-22-20-19-21-23-26-30-34-38-42-46-50-54-65-59(64)53-49-45-41-37-33-27-16-14-12-10-8-6-4-2/h19-20,56-57,61-62H,3-18,21-55H2,1-2H3,(H,60,63)/b20-19-. The zero-order valence-electron chi connectivity index (χ0n) is 44.0. The van der Waals surface area contributed by atoms with Crippen LogP contribution in [0.25, 0.3) is 0 Å². The van der Waals surface area contributed by atoms with Crippen LogP contribution in [0.15, 0.2) is 12.2 Å². The highest BCUT2D eigenvalue weighted by Gasteiger charge is 2.20. The largest absolute Gasteiger partial charge is 0.466 e. The lowest BCUT2D eigenvalue weighted by Gasteiger charge is -2.22. The predicted octanol–water partition coefficient (Wildman–Crippen LogP) is 18.1. The number of allylic oxidation sites excluding steroid dienone is 2. The minimum atomic E-state index is -0.669. The minimum absolute atomic E-state index is 0.00607. The summed E-state index contributed by atoms with van der Waals surface area (Å²) in [6.07, 6.45) is 64.9. The van der Waals surface area contributed by atoms with Gasteiger partial charge in [0.1, 0.15) is 0 Å². The molecule has 0 aliphatic heterocycles. The van der Waals surface area contributed by atoms with E-state index in [0.29, 0.717) is 25.9 Å². The van der Waals surface area contributed by atoms with E-state index in [2.05, 4.69) is 31.3 Å². The minimum Gasteiger partial charge on any atom is -0.466 e. The van der Waals surface area contributed by atoms with E-state index in [1.165, 1.54) is 257 Å². The van der Waals surface area contributed by atoms with Crippen LogP contribution in [0.2, 0.25) is 0 Å². The average molecular weight is 919 g/mol. The summed E-state index contributed by atoms with van der Waals surface area (Å²) >= 11 is 0. The van der Waals surface area contributed by atoms with Gasteiger partial charge in [0.25, 0.3) is 0 Å². The second-order valence-electron chi connectivity index (χ2n) is 20.3. The molecule has 0 rings (SSSR count). The van der Waals surface area contributed by atoms with Crippen LogP contribution < -0.4 is 5.32 Å². The maximum Gasteiger partial charge on any atom is 0.305 e. The number of amides is 1. The number of carbonyl (C=O) groups excluding carboxylic acids is 2. The van der Waals surface area contributed by atoms with Crippen molar-refractivity contribution in [2.45, 2.75) is 341 Å². The van der Waals surface area contributed by atoms with Crippen molar-refractivity contribution in [3.8, 4) is 0 Å². The summed E-state index contributed by atoms with van der Waals surface area (Å²) in [5.41, 5.74) is 0. The van der Waals surface area contributed by atoms with Crippen LogP contribution in [0.1, 0.15) is 328 Å².